The third-order valence-electron chi connectivity index (χ3n) is 6.74. The van der Waals surface area contributed by atoms with Crippen molar-refractivity contribution < 1.29 is 19.1 Å². The highest BCUT2D eigenvalue weighted by Crippen LogP contribution is 2.16. The molecule has 0 bridgehead atoms. The zero-order chi connectivity index (χ0) is 28.9. The van der Waals surface area contributed by atoms with E-state index in [0.717, 1.165) is 28.0 Å². The Morgan fingerprint density at radius 3 is 2.02 bits per heavy atom. The number of nitrogens with two attached hydrogens (primary N) is 1. The standard InChI is InChI=1S/C32H40N4O4/c1-4-30(37)35-28(19-24-15-17-27(18-16-24)40-5-2)32(39)36(3)29(20-23-9-7-6-8-10-23)31(38)34-22-26-13-11-25(21-33)12-14-26/h6-18,28-29H,4-5,19-22,33H2,1-3H3,(H,34,38)(H,35,37)/t28-,29?/m1/s1. The van der Waals surface area contributed by atoms with E-state index in [4.69, 9.17) is 10.5 Å². The van der Waals surface area contributed by atoms with Gasteiger partial charge in [-0.15, -0.1) is 0 Å². The molecule has 0 radical (unpaired) electrons. The topological polar surface area (TPSA) is 114 Å². The van der Waals surface area contributed by atoms with Gasteiger partial charge in [0.25, 0.3) is 0 Å². The lowest BCUT2D eigenvalue weighted by Crippen LogP contribution is -2.55. The lowest BCUT2D eigenvalue weighted by molar-refractivity contribution is -0.141. The SMILES string of the molecule is CCOc1ccc(C[C@@H](NC(=O)CC)C(=O)N(C)C(Cc2ccccc2)C(=O)NCc2ccc(CN)cc2)cc1. The van der Waals surface area contributed by atoms with E-state index in [0.29, 0.717) is 26.1 Å². The molecule has 1 unspecified atom stereocenters. The van der Waals surface area contributed by atoms with Gasteiger partial charge < -0.3 is 26.0 Å². The Morgan fingerprint density at radius 1 is 0.825 bits per heavy atom. The quantitative estimate of drug-likeness (QED) is 0.288. The molecule has 2 atom stereocenters. The first kappa shape index (κ1) is 30.4. The summed E-state index contributed by atoms with van der Waals surface area (Å²) in [4.78, 5) is 41.2. The van der Waals surface area contributed by atoms with Crippen molar-refractivity contribution in [2.75, 3.05) is 13.7 Å². The van der Waals surface area contributed by atoms with Crippen molar-refractivity contribution in [2.24, 2.45) is 5.73 Å². The number of carbonyl (C=O) groups is 3. The number of hydrogen-bond donors (Lipinski definition) is 3. The van der Waals surface area contributed by atoms with Crippen LogP contribution < -0.4 is 21.1 Å². The third-order valence-corrected chi connectivity index (χ3v) is 6.74. The Bertz CT molecular complexity index is 1230. The summed E-state index contributed by atoms with van der Waals surface area (Å²) < 4.78 is 5.52. The fourth-order valence-corrected chi connectivity index (χ4v) is 4.36. The maximum absolute atomic E-state index is 13.8. The molecular formula is C32H40N4O4. The van der Waals surface area contributed by atoms with E-state index >= 15 is 0 Å². The zero-order valence-corrected chi connectivity index (χ0v) is 23.6. The largest absolute Gasteiger partial charge is 0.494 e. The summed E-state index contributed by atoms with van der Waals surface area (Å²) in [6.07, 6.45) is 0.862. The number of hydrogen-bond acceptors (Lipinski definition) is 5. The van der Waals surface area contributed by atoms with Crippen LogP contribution in [0.25, 0.3) is 0 Å². The van der Waals surface area contributed by atoms with Gasteiger partial charge in [-0.3, -0.25) is 14.4 Å². The van der Waals surface area contributed by atoms with Crippen LogP contribution in [0.4, 0.5) is 0 Å². The summed E-state index contributed by atoms with van der Waals surface area (Å²) in [5.41, 5.74) is 9.43. The van der Waals surface area contributed by atoms with Crippen molar-refractivity contribution in [3.8, 4) is 5.75 Å². The molecule has 0 heterocycles. The maximum atomic E-state index is 13.8. The molecule has 0 aliphatic carbocycles. The number of benzene rings is 3. The molecule has 0 saturated carbocycles. The van der Waals surface area contributed by atoms with Crippen LogP contribution in [0.15, 0.2) is 78.9 Å². The summed E-state index contributed by atoms with van der Waals surface area (Å²) in [7, 11) is 1.62. The third kappa shape index (κ3) is 8.95. The molecule has 0 aliphatic heterocycles. The van der Waals surface area contributed by atoms with E-state index in [2.05, 4.69) is 10.6 Å². The predicted molar refractivity (Wildman–Crippen MR) is 156 cm³/mol. The van der Waals surface area contributed by atoms with Crippen molar-refractivity contribution in [1.29, 1.82) is 0 Å². The molecule has 3 aromatic rings. The minimum atomic E-state index is -0.828. The van der Waals surface area contributed by atoms with Crippen LogP contribution in [0.2, 0.25) is 0 Å². The number of nitrogens with zero attached hydrogens (tertiary/aromatic N) is 1. The molecule has 0 saturated heterocycles. The van der Waals surface area contributed by atoms with Gasteiger partial charge in [0.05, 0.1) is 6.61 Å². The van der Waals surface area contributed by atoms with E-state index in [-0.39, 0.29) is 30.6 Å². The van der Waals surface area contributed by atoms with Crippen molar-refractivity contribution in [3.05, 3.63) is 101 Å². The summed E-state index contributed by atoms with van der Waals surface area (Å²) in [5.74, 6) is -0.105. The highest BCUT2D eigenvalue weighted by atomic mass is 16.5. The Kier molecular flexibility index (Phi) is 11.7. The number of nitrogens with one attached hydrogen (secondary N) is 2. The summed E-state index contributed by atoms with van der Waals surface area (Å²) in [5, 5.41) is 5.84. The lowest BCUT2D eigenvalue weighted by Gasteiger charge is -2.31. The first-order chi connectivity index (χ1) is 19.3. The molecule has 0 aromatic heterocycles. The minimum absolute atomic E-state index is 0.234. The van der Waals surface area contributed by atoms with Crippen LogP contribution in [0.1, 0.15) is 42.5 Å². The van der Waals surface area contributed by atoms with E-state index in [9.17, 15) is 14.4 Å². The number of amides is 3. The summed E-state index contributed by atoms with van der Waals surface area (Å²) >= 11 is 0. The fraction of sp³-hybridized carbons (Fsp3) is 0.344. The van der Waals surface area contributed by atoms with Crippen LogP contribution in [0, 0.1) is 0 Å². The molecule has 4 N–H and O–H groups in total. The van der Waals surface area contributed by atoms with Gasteiger partial charge in [0.15, 0.2) is 0 Å². The van der Waals surface area contributed by atoms with Gasteiger partial charge in [-0.2, -0.15) is 0 Å². The smallest absolute Gasteiger partial charge is 0.245 e. The highest BCUT2D eigenvalue weighted by molar-refractivity contribution is 5.92. The molecule has 3 rings (SSSR count). The van der Waals surface area contributed by atoms with Crippen LogP contribution >= 0.6 is 0 Å². The molecule has 212 valence electrons. The first-order valence-electron chi connectivity index (χ1n) is 13.7. The molecule has 3 amide bonds. The molecular weight excluding hydrogens is 504 g/mol. The average Bonchev–Trinajstić information content (AvgIpc) is 2.99. The lowest BCUT2D eigenvalue weighted by atomic mass is 10.0. The Labute approximate surface area is 236 Å². The van der Waals surface area contributed by atoms with Crippen LogP contribution in [0.5, 0.6) is 5.75 Å². The van der Waals surface area contributed by atoms with Crippen molar-refractivity contribution >= 4 is 17.7 Å². The van der Waals surface area contributed by atoms with Crippen molar-refractivity contribution in [1.82, 2.24) is 15.5 Å². The Hall–Kier alpha value is -4.17. The number of carbonyl (C=O) groups excluding carboxylic acids is 3. The predicted octanol–water partition coefficient (Wildman–Crippen LogP) is 3.37. The van der Waals surface area contributed by atoms with Gasteiger partial charge in [0, 0.05) is 39.4 Å². The van der Waals surface area contributed by atoms with Gasteiger partial charge in [0.2, 0.25) is 17.7 Å². The summed E-state index contributed by atoms with van der Waals surface area (Å²) in [6, 6.07) is 23.1. The molecule has 3 aromatic carbocycles. The van der Waals surface area contributed by atoms with Crippen molar-refractivity contribution in [3.63, 3.8) is 0 Å². The van der Waals surface area contributed by atoms with E-state index in [1.165, 1.54) is 4.90 Å². The summed E-state index contributed by atoms with van der Waals surface area (Å²) in [6.45, 7) is 4.98. The molecule has 40 heavy (non-hydrogen) atoms. The van der Waals surface area contributed by atoms with Gasteiger partial charge in [-0.1, -0.05) is 73.7 Å². The molecule has 0 spiro atoms. The minimum Gasteiger partial charge on any atom is -0.494 e. The van der Waals surface area contributed by atoms with Crippen LogP contribution in [0.3, 0.4) is 0 Å². The fourth-order valence-electron chi connectivity index (χ4n) is 4.36. The van der Waals surface area contributed by atoms with Crippen LogP contribution in [-0.2, 0) is 40.3 Å². The average molecular weight is 545 g/mol. The Morgan fingerprint density at radius 2 is 1.43 bits per heavy atom. The van der Waals surface area contributed by atoms with E-state index in [1.807, 2.05) is 85.8 Å². The molecule has 0 aliphatic rings. The molecule has 8 nitrogen and oxygen atoms in total. The molecule has 8 heteroatoms. The monoisotopic (exact) mass is 544 g/mol. The first-order valence-corrected chi connectivity index (χ1v) is 13.7. The van der Waals surface area contributed by atoms with Crippen molar-refractivity contribution in [2.45, 2.75) is 58.3 Å². The number of rotatable bonds is 14. The zero-order valence-electron chi connectivity index (χ0n) is 23.6. The van der Waals surface area contributed by atoms with Gasteiger partial charge in [-0.25, -0.2) is 0 Å². The van der Waals surface area contributed by atoms with E-state index in [1.54, 1.807) is 14.0 Å². The van der Waals surface area contributed by atoms with Gasteiger partial charge in [0.1, 0.15) is 17.8 Å². The van der Waals surface area contributed by atoms with E-state index < -0.39 is 12.1 Å². The normalized spacial score (nSPS) is 12.2. The molecule has 0 fully saturated rings. The number of likely N-dealkylation sites (N-methyl/N-ethyl adjacent to an activating group) is 1. The van der Waals surface area contributed by atoms with Crippen LogP contribution in [-0.4, -0.2) is 48.4 Å². The second-order valence-corrected chi connectivity index (χ2v) is 9.65. The number of ether oxygens (including phenoxy) is 1. The van der Waals surface area contributed by atoms with Gasteiger partial charge in [-0.05, 0) is 41.3 Å². The second kappa shape index (κ2) is 15.4. The highest BCUT2D eigenvalue weighted by Gasteiger charge is 2.32. The second-order valence-electron chi connectivity index (χ2n) is 9.65. The Balaban J connectivity index is 1.81. The van der Waals surface area contributed by atoms with Gasteiger partial charge >= 0.3 is 0 Å². The maximum Gasteiger partial charge on any atom is 0.245 e.